The van der Waals surface area contributed by atoms with Crippen LogP contribution in [-0.2, 0) is 4.79 Å². The average molecular weight is 298 g/mol. The van der Waals surface area contributed by atoms with Gasteiger partial charge in [-0.3, -0.25) is 9.69 Å². The summed E-state index contributed by atoms with van der Waals surface area (Å²) >= 11 is 1.28. The van der Waals surface area contributed by atoms with Gasteiger partial charge in [-0.1, -0.05) is 11.8 Å². The van der Waals surface area contributed by atoms with Gasteiger partial charge in [-0.25, -0.2) is 0 Å². The van der Waals surface area contributed by atoms with Gasteiger partial charge in [0.15, 0.2) is 0 Å². The summed E-state index contributed by atoms with van der Waals surface area (Å²) in [5.41, 5.74) is 6.48. The zero-order chi connectivity index (χ0) is 15.1. The van der Waals surface area contributed by atoms with E-state index in [2.05, 4.69) is 6.07 Å². The van der Waals surface area contributed by atoms with Crippen LogP contribution in [0.25, 0.3) is 0 Å². The Balaban J connectivity index is 2.26. The van der Waals surface area contributed by atoms with Crippen molar-refractivity contribution < 1.29 is 9.21 Å². The van der Waals surface area contributed by atoms with Crippen LogP contribution in [0.15, 0.2) is 44.8 Å². The third kappa shape index (κ3) is 1.75. The van der Waals surface area contributed by atoms with Gasteiger partial charge in [0.25, 0.3) is 0 Å². The molecule has 0 aliphatic carbocycles. The molecule has 2 unspecified atom stereocenters. The molecule has 2 atom stereocenters. The van der Waals surface area contributed by atoms with E-state index in [1.165, 1.54) is 22.9 Å². The molecule has 0 saturated carbocycles. The van der Waals surface area contributed by atoms with E-state index in [0.29, 0.717) is 16.4 Å². The molecule has 0 spiro atoms. The predicted octanol–water partition coefficient (Wildman–Crippen LogP) is 1.77. The predicted molar refractivity (Wildman–Crippen MR) is 74.8 cm³/mol. The maximum atomic E-state index is 12.2. The average Bonchev–Trinajstić information content (AvgIpc) is 3.08. The lowest BCUT2D eigenvalue weighted by molar-refractivity contribution is -0.125. The number of fused-ring (bicyclic) bond motifs is 1. The Bertz CT molecular complexity index is 764. The molecule has 1 saturated heterocycles. The van der Waals surface area contributed by atoms with Crippen molar-refractivity contribution in [3.05, 3.63) is 46.2 Å². The van der Waals surface area contributed by atoms with Crippen LogP contribution in [0.3, 0.4) is 0 Å². The summed E-state index contributed by atoms with van der Waals surface area (Å²) in [6.45, 7) is 1.74. The van der Waals surface area contributed by atoms with Crippen molar-refractivity contribution in [2.24, 2.45) is 5.73 Å². The van der Waals surface area contributed by atoms with Gasteiger partial charge in [-0.15, -0.1) is 0 Å². The Morgan fingerprint density at radius 3 is 2.67 bits per heavy atom. The highest BCUT2D eigenvalue weighted by Crippen LogP contribution is 2.48. The molecule has 3 heterocycles. The number of nitrogens with zero attached hydrogens (tertiary/aromatic N) is 3. The summed E-state index contributed by atoms with van der Waals surface area (Å²) in [5.74, 6) is -0.335. The normalized spacial score (nSPS) is 24.9. The van der Waals surface area contributed by atoms with Crippen LogP contribution in [0.4, 0.5) is 0 Å². The lowest BCUT2D eigenvalue weighted by Crippen LogP contribution is -2.36. The van der Waals surface area contributed by atoms with Crippen molar-refractivity contribution in [2.45, 2.75) is 18.1 Å². The van der Waals surface area contributed by atoms with Crippen LogP contribution in [0, 0.1) is 22.7 Å². The smallest absolute Gasteiger partial charge is 0.246 e. The molecule has 1 fully saturated rings. The third-order valence-electron chi connectivity index (χ3n) is 3.45. The first-order chi connectivity index (χ1) is 10.1. The summed E-state index contributed by atoms with van der Waals surface area (Å²) in [4.78, 5) is 13.5. The molecular weight excluding hydrogens is 288 g/mol. The number of rotatable bonds is 1. The van der Waals surface area contributed by atoms with Crippen LogP contribution < -0.4 is 5.73 Å². The number of furan rings is 1. The second-order valence-corrected chi connectivity index (χ2v) is 5.95. The van der Waals surface area contributed by atoms with Crippen molar-refractivity contribution in [3.8, 4) is 12.1 Å². The van der Waals surface area contributed by atoms with E-state index < -0.39 is 5.92 Å². The molecule has 2 aliphatic rings. The first-order valence-electron chi connectivity index (χ1n) is 6.18. The van der Waals surface area contributed by atoms with E-state index >= 15 is 0 Å². The molecule has 0 bridgehead atoms. The molecule has 104 valence electrons. The summed E-state index contributed by atoms with van der Waals surface area (Å²) < 4.78 is 5.35. The molecule has 7 heteroatoms. The van der Waals surface area contributed by atoms with Gasteiger partial charge >= 0.3 is 0 Å². The third-order valence-corrected chi connectivity index (χ3v) is 4.63. The number of amides is 1. The Morgan fingerprint density at radius 2 is 2.10 bits per heavy atom. The van der Waals surface area contributed by atoms with Gasteiger partial charge in [-0.2, -0.15) is 10.5 Å². The number of hydrogen-bond donors (Lipinski definition) is 1. The highest BCUT2D eigenvalue weighted by atomic mass is 32.2. The van der Waals surface area contributed by atoms with Gasteiger partial charge in [0.2, 0.25) is 5.91 Å². The van der Waals surface area contributed by atoms with Crippen LogP contribution >= 0.6 is 11.8 Å². The maximum Gasteiger partial charge on any atom is 0.246 e. The fourth-order valence-electron chi connectivity index (χ4n) is 2.47. The maximum absolute atomic E-state index is 12.2. The molecule has 1 aromatic rings. The second-order valence-electron chi connectivity index (χ2n) is 4.62. The Kier molecular flexibility index (Phi) is 3.00. The fraction of sp³-hybridized carbons (Fsp3) is 0.214. The number of thioether (sulfide) groups is 1. The number of hydrogen-bond acceptors (Lipinski definition) is 6. The quantitative estimate of drug-likeness (QED) is 0.846. The van der Waals surface area contributed by atoms with Gasteiger partial charge < -0.3 is 10.2 Å². The molecule has 1 aromatic heterocycles. The highest BCUT2D eigenvalue weighted by molar-refractivity contribution is 8.04. The minimum Gasteiger partial charge on any atom is -0.468 e. The van der Waals surface area contributed by atoms with E-state index in [9.17, 15) is 15.3 Å². The fourth-order valence-corrected chi connectivity index (χ4v) is 3.60. The second kappa shape index (κ2) is 4.72. The van der Waals surface area contributed by atoms with Gasteiger partial charge in [0, 0.05) is 0 Å². The Labute approximate surface area is 125 Å². The van der Waals surface area contributed by atoms with Crippen molar-refractivity contribution in [3.63, 3.8) is 0 Å². The summed E-state index contributed by atoms with van der Waals surface area (Å²) in [6.07, 6.45) is 1.47. The number of nitriles is 2. The van der Waals surface area contributed by atoms with Crippen LogP contribution in [0.5, 0.6) is 0 Å². The SMILES string of the molecule is CC1SC2=C(C#N)C(c3ccco3)C(C#N)=C(N)N2C1=O. The number of allylic oxidation sites excluding steroid dienone is 2. The molecular formula is C14H10N4O2S. The van der Waals surface area contributed by atoms with E-state index in [1.54, 1.807) is 19.1 Å². The van der Waals surface area contributed by atoms with Crippen molar-refractivity contribution in [1.82, 2.24) is 4.90 Å². The van der Waals surface area contributed by atoms with Crippen LogP contribution in [-0.4, -0.2) is 16.1 Å². The summed E-state index contributed by atoms with van der Waals surface area (Å²) in [5, 5.41) is 19.1. The molecule has 0 radical (unpaired) electrons. The molecule has 3 rings (SSSR count). The lowest BCUT2D eigenvalue weighted by atomic mass is 9.87. The number of carbonyl (C=O) groups excluding carboxylic acids is 1. The lowest BCUT2D eigenvalue weighted by Gasteiger charge is -2.28. The Hall–Kier alpha value is -2.64. The van der Waals surface area contributed by atoms with Crippen LogP contribution in [0.1, 0.15) is 18.6 Å². The van der Waals surface area contributed by atoms with E-state index in [0.717, 1.165) is 0 Å². The molecule has 1 amide bonds. The molecule has 21 heavy (non-hydrogen) atoms. The minimum atomic E-state index is -0.660. The number of carbonyl (C=O) groups is 1. The van der Waals surface area contributed by atoms with Gasteiger partial charge in [0.1, 0.15) is 11.6 Å². The molecule has 6 nitrogen and oxygen atoms in total. The van der Waals surface area contributed by atoms with Crippen molar-refractivity contribution >= 4 is 17.7 Å². The first-order valence-corrected chi connectivity index (χ1v) is 7.06. The monoisotopic (exact) mass is 298 g/mol. The first kappa shape index (κ1) is 13.3. The Morgan fingerprint density at radius 1 is 1.38 bits per heavy atom. The highest BCUT2D eigenvalue weighted by Gasteiger charge is 2.45. The van der Waals surface area contributed by atoms with E-state index in [4.69, 9.17) is 10.2 Å². The molecule has 2 N–H and O–H groups in total. The standard InChI is InChI=1S/C14H10N4O2S/c1-7-13(19)18-12(17)8(5-15)11(10-3-2-4-20-10)9(6-16)14(18)21-7/h2-4,7,11H,17H2,1H3. The summed E-state index contributed by atoms with van der Waals surface area (Å²) in [7, 11) is 0. The van der Waals surface area contributed by atoms with Crippen molar-refractivity contribution in [2.75, 3.05) is 0 Å². The summed E-state index contributed by atoms with van der Waals surface area (Å²) in [6, 6.07) is 7.49. The number of nitrogens with two attached hydrogens (primary N) is 1. The van der Waals surface area contributed by atoms with E-state index in [1.807, 2.05) is 6.07 Å². The largest absolute Gasteiger partial charge is 0.468 e. The zero-order valence-electron chi connectivity index (χ0n) is 11.0. The van der Waals surface area contributed by atoms with E-state index in [-0.39, 0.29) is 22.6 Å². The zero-order valence-corrected chi connectivity index (χ0v) is 11.8. The van der Waals surface area contributed by atoms with Gasteiger partial charge in [-0.05, 0) is 19.1 Å². The topological polar surface area (TPSA) is 107 Å². The van der Waals surface area contributed by atoms with Crippen molar-refractivity contribution in [1.29, 1.82) is 10.5 Å². The molecule has 0 aromatic carbocycles. The van der Waals surface area contributed by atoms with Gasteiger partial charge in [0.05, 0.1) is 45.7 Å². The molecule has 2 aliphatic heterocycles. The van der Waals surface area contributed by atoms with Crippen LogP contribution in [0.2, 0.25) is 0 Å². The minimum absolute atomic E-state index is 0.0785.